The lowest BCUT2D eigenvalue weighted by atomic mass is 9.89. The van der Waals surface area contributed by atoms with Gasteiger partial charge in [0.15, 0.2) is 11.6 Å². The van der Waals surface area contributed by atoms with E-state index in [9.17, 15) is 9.18 Å². The average molecular weight is 282 g/mol. The van der Waals surface area contributed by atoms with Crippen LogP contribution in [0.5, 0.6) is 5.75 Å². The third kappa shape index (κ3) is 3.08. The summed E-state index contributed by atoms with van der Waals surface area (Å²) in [7, 11) is 1.36. The van der Waals surface area contributed by atoms with E-state index in [1.54, 1.807) is 0 Å². The van der Waals surface area contributed by atoms with Gasteiger partial charge in [0.2, 0.25) is 0 Å². The first-order valence-corrected chi connectivity index (χ1v) is 6.54. The number of amides is 1. The minimum absolute atomic E-state index is 0.0476. The number of hydrogen-bond donors (Lipinski definition) is 2. The molecule has 1 amide bonds. The second-order valence-electron chi connectivity index (χ2n) is 4.90. The summed E-state index contributed by atoms with van der Waals surface area (Å²) >= 11 is 0. The van der Waals surface area contributed by atoms with E-state index in [-0.39, 0.29) is 11.7 Å². The maximum atomic E-state index is 13.3. The van der Waals surface area contributed by atoms with Crippen molar-refractivity contribution in [2.45, 2.75) is 18.4 Å². The fraction of sp³-hybridized carbons (Fsp3) is 0.500. The Hall–Kier alpha value is -1.66. The van der Waals surface area contributed by atoms with Crippen molar-refractivity contribution in [2.24, 2.45) is 5.73 Å². The van der Waals surface area contributed by atoms with Gasteiger partial charge in [-0.25, -0.2) is 4.39 Å². The van der Waals surface area contributed by atoms with E-state index in [1.165, 1.54) is 25.3 Å². The Balaban J connectivity index is 2.14. The van der Waals surface area contributed by atoms with Crippen LogP contribution in [0.2, 0.25) is 0 Å². The highest BCUT2D eigenvalue weighted by Crippen LogP contribution is 2.22. The van der Waals surface area contributed by atoms with Gasteiger partial charge in [-0.05, 0) is 31.0 Å². The van der Waals surface area contributed by atoms with Crippen molar-refractivity contribution < 1.29 is 18.7 Å². The summed E-state index contributed by atoms with van der Waals surface area (Å²) in [5, 5.41) is 2.95. The fourth-order valence-electron chi connectivity index (χ4n) is 2.26. The summed E-state index contributed by atoms with van der Waals surface area (Å²) in [6, 6.07) is 4.03. The van der Waals surface area contributed by atoms with Crippen LogP contribution in [0, 0.1) is 5.82 Å². The van der Waals surface area contributed by atoms with Crippen LogP contribution in [0.3, 0.4) is 0 Å². The number of halogens is 1. The molecule has 1 heterocycles. The Bertz CT molecular complexity index is 487. The number of nitrogens with one attached hydrogen (secondary N) is 1. The first kappa shape index (κ1) is 14.7. The minimum atomic E-state index is -0.497. The van der Waals surface area contributed by atoms with Crippen molar-refractivity contribution in [2.75, 3.05) is 26.9 Å². The van der Waals surface area contributed by atoms with Gasteiger partial charge in [0.1, 0.15) is 0 Å². The molecule has 0 atom stereocenters. The highest BCUT2D eigenvalue weighted by molar-refractivity contribution is 5.95. The largest absolute Gasteiger partial charge is 0.494 e. The maximum absolute atomic E-state index is 13.3. The molecule has 5 nitrogen and oxygen atoms in total. The summed E-state index contributed by atoms with van der Waals surface area (Å²) in [6.45, 7) is 1.49. The van der Waals surface area contributed by atoms with Crippen LogP contribution in [-0.4, -0.2) is 38.3 Å². The standard InChI is InChI=1S/C14H19FN2O3/c1-19-12-8-10(2-3-11(12)15)13(18)17-14(9-16)4-6-20-7-5-14/h2-3,8H,4-7,9,16H2,1H3,(H,17,18). The quantitative estimate of drug-likeness (QED) is 0.866. The molecule has 1 aromatic rings. The molecule has 1 aromatic carbocycles. The molecule has 0 saturated carbocycles. The molecule has 1 aliphatic rings. The number of ether oxygens (including phenoxy) is 2. The van der Waals surface area contributed by atoms with Gasteiger partial charge in [0.05, 0.1) is 12.6 Å². The molecule has 0 aromatic heterocycles. The van der Waals surface area contributed by atoms with Crippen LogP contribution < -0.4 is 15.8 Å². The summed E-state index contributed by atoms with van der Waals surface area (Å²) < 4.78 is 23.5. The highest BCUT2D eigenvalue weighted by atomic mass is 19.1. The van der Waals surface area contributed by atoms with Crippen molar-refractivity contribution in [3.8, 4) is 5.75 Å². The summed E-state index contributed by atoms with van der Waals surface area (Å²) in [4.78, 5) is 12.3. The predicted octanol–water partition coefficient (Wildman–Crippen LogP) is 1.07. The molecular formula is C14H19FN2O3. The zero-order valence-electron chi connectivity index (χ0n) is 11.4. The van der Waals surface area contributed by atoms with E-state index >= 15 is 0 Å². The third-order valence-electron chi connectivity index (χ3n) is 3.63. The minimum Gasteiger partial charge on any atom is -0.494 e. The van der Waals surface area contributed by atoms with Gasteiger partial charge in [0.25, 0.3) is 5.91 Å². The predicted molar refractivity (Wildman–Crippen MR) is 72.3 cm³/mol. The van der Waals surface area contributed by atoms with Crippen molar-refractivity contribution in [3.05, 3.63) is 29.6 Å². The van der Waals surface area contributed by atoms with Crippen molar-refractivity contribution in [1.82, 2.24) is 5.32 Å². The molecule has 0 radical (unpaired) electrons. The van der Waals surface area contributed by atoms with Gasteiger partial charge in [-0.2, -0.15) is 0 Å². The number of hydrogen-bond acceptors (Lipinski definition) is 4. The Kier molecular flexibility index (Phi) is 4.57. The zero-order chi connectivity index (χ0) is 14.6. The first-order valence-electron chi connectivity index (χ1n) is 6.54. The highest BCUT2D eigenvalue weighted by Gasteiger charge is 2.33. The second-order valence-corrected chi connectivity index (χ2v) is 4.90. The number of carbonyl (C=O) groups excluding carboxylic acids is 1. The lowest BCUT2D eigenvalue weighted by Crippen LogP contribution is -2.56. The molecule has 1 fully saturated rings. The van der Waals surface area contributed by atoms with E-state index in [1.807, 2.05) is 0 Å². The van der Waals surface area contributed by atoms with Crippen molar-refractivity contribution in [3.63, 3.8) is 0 Å². The van der Waals surface area contributed by atoms with Gasteiger partial charge in [0, 0.05) is 25.3 Å². The molecule has 0 spiro atoms. The molecule has 0 aliphatic carbocycles. The van der Waals surface area contributed by atoms with Crippen LogP contribution in [0.15, 0.2) is 18.2 Å². The van der Waals surface area contributed by atoms with Gasteiger partial charge >= 0.3 is 0 Å². The lowest BCUT2D eigenvalue weighted by Gasteiger charge is -2.37. The van der Waals surface area contributed by atoms with Crippen molar-refractivity contribution in [1.29, 1.82) is 0 Å². The van der Waals surface area contributed by atoms with E-state index < -0.39 is 11.4 Å². The first-order chi connectivity index (χ1) is 9.60. The monoisotopic (exact) mass is 282 g/mol. The molecule has 20 heavy (non-hydrogen) atoms. The maximum Gasteiger partial charge on any atom is 0.251 e. The lowest BCUT2D eigenvalue weighted by molar-refractivity contribution is 0.0388. The Morgan fingerprint density at radius 3 is 2.80 bits per heavy atom. The molecule has 2 rings (SSSR count). The zero-order valence-corrected chi connectivity index (χ0v) is 11.4. The fourth-order valence-corrected chi connectivity index (χ4v) is 2.26. The Labute approximate surface area is 117 Å². The average Bonchev–Trinajstić information content (AvgIpc) is 2.48. The second kappa shape index (κ2) is 6.19. The van der Waals surface area contributed by atoms with Gasteiger partial charge in [-0.1, -0.05) is 0 Å². The Morgan fingerprint density at radius 2 is 2.20 bits per heavy atom. The molecule has 6 heteroatoms. The van der Waals surface area contributed by atoms with E-state index in [0.717, 1.165) is 0 Å². The number of rotatable bonds is 4. The van der Waals surface area contributed by atoms with Crippen LogP contribution in [-0.2, 0) is 4.74 Å². The summed E-state index contributed by atoms with van der Waals surface area (Å²) in [5.41, 5.74) is 5.69. The van der Waals surface area contributed by atoms with E-state index in [0.29, 0.717) is 38.2 Å². The van der Waals surface area contributed by atoms with Crippen LogP contribution in [0.4, 0.5) is 4.39 Å². The third-order valence-corrected chi connectivity index (χ3v) is 3.63. The number of nitrogens with two attached hydrogens (primary N) is 1. The van der Waals surface area contributed by atoms with Crippen LogP contribution in [0.1, 0.15) is 23.2 Å². The normalized spacial score (nSPS) is 17.6. The van der Waals surface area contributed by atoms with E-state index in [4.69, 9.17) is 15.2 Å². The molecule has 0 unspecified atom stereocenters. The molecular weight excluding hydrogens is 263 g/mol. The van der Waals surface area contributed by atoms with Gasteiger partial charge < -0.3 is 20.5 Å². The van der Waals surface area contributed by atoms with E-state index in [2.05, 4.69) is 5.32 Å². The molecule has 110 valence electrons. The number of methoxy groups -OCH3 is 1. The molecule has 1 aliphatic heterocycles. The SMILES string of the molecule is COc1cc(C(=O)NC2(CN)CCOCC2)ccc1F. The van der Waals surface area contributed by atoms with Gasteiger partial charge in [-0.15, -0.1) is 0 Å². The van der Waals surface area contributed by atoms with Crippen molar-refractivity contribution >= 4 is 5.91 Å². The smallest absolute Gasteiger partial charge is 0.251 e. The summed E-state index contributed by atoms with van der Waals surface area (Å²) in [5.74, 6) is -0.731. The van der Waals surface area contributed by atoms with Crippen LogP contribution in [0.25, 0.3) is 0 Å². The molecule has 1 saturated heterocycles. The van der Waals surface area contributed by atoms with Crippen LogP contribution >= 0.6 is 0 Å². The number of carbonyl (C=O) groups is 1. The number of benzene rings is 1. The molecule has 0 bridgehead atoms. The topological polar surface area (TPSA) is 73.6 Å². The summed E-state index contributed by atoms with van der Waals surface area (Å²) in [6.07, 6.45) is 1.35. The van der Waals surface area contributed by atoms with Gasteiger partial charge in [-0.3, -0.25) is 4.79 Å². The molecule has 3 N–H and O–H groups in total. The Morgan fingerprint density at radius 1 is 1.50 bits per heavy atom.